The zero-order valence-corrected chi connectivity index (χ0v) is 28.0. The van der Waals surface area contributed by atoms with Gasteiger partial charge in [0.25, 0.3) is 0 Å². The maximum Gasteiger partial charge on any atom is 0.0360 e. The molecule has 5 rings (SSSR count). The molecule has 2 saturated heterocycles. The molecule has 0 bridgehead atoms. The van der Waals surface area contributed by atoms with E-state index in [2.05, 4.69) is 99.0 Å². The molecule has 2 unspecified atom stereocenters. The van der Waals surface area contributed by atoms with Gasteiger partial charge in [-0.2, -0.15) is 0 Å². The van der Waals surface area contributed by atoms with Crippen molar-refractivity contribution in [1.82, 2.24) is 36.5 Å². The Kier molecular flexibility index (Phi) is 14.0. The Labute approximate surface area is 272 Å². The third kappa shape index (κ3) is 11.3. The van der Waals surface area contributed by atoms with Crippen LogP contribution in [0.4, 0.5) is 0 Å². The number of nitrogens with zero attached hydrogens (tertiary/aromatic N) is 1. The average Bonchev–Trinajstić information content (AvgIpc) is 3.84. The van der Waals surface area contributed by atoms with E-state index in [1.807, 2.05) is 6.20 Å². The molecule has 2 aliphatic rings. The first-order valence-electron chi connectivity index (χ1n) is 17.8. The second-order valence-corrected chi connectivity index (χ2v) is 13.4. The van der Waals surface area contributed by atoms with E-state index in [0.29, 0.717) is 12.1 Å². The van der Waals surface area contributed by atoms with Gasteiger partial charge in [0, 0.05) is 69.8 Å². The molecule has 3 heterocycles. The highest BCUT2D eigenvalue weighted by Gasteiger charge is 2.20. The molecule has 2 aromatic carbocycles. The normalized spacial score (nSPS) is 18.7. The fourth-order valence-electron chi connectivity index (χ4n) is 6.94. The van der Waals surface area contributed by atoms with Crippen LogP contribution >= 0.6 is 0 Å². The molecule has 2 fully saturated rings. The second kappa shape index (κ2) is 18.6. The maximum atomic E-state index is 3.80. The molecule has 7 nitrogen and oxygen atoms in total. The number of nitrogens with one attached hydrogen (secondary N) is 6. The van der Waals surface area contributed by atoms with E-state index in [0.717, 1.165) is 58.9 Å². The van der Waals surface area contributed by atoms with Crippen LogP contribution in [0.2, 0.25) is 0 Å². The SMILES string of the molecule is CCCCCCNCc1cc(CNCc2ccc[nH]2)cc(-c2cc(CNCC3CCCN3)cc(CNCC3CCCN3C)c2)c1. The molecule has 2 aliphatic heterocycles. The smallest absolute Gasteiger partial charge is 0.0360 e. The summed E-state index contributed by atoms with van der Waals surface area (Å²) < 4.78 is 0. The van der Waals surface area contributed by atoms with Gasteiger partial charge >= 0.3 is 0 Å². The number of H-pyrrole nitrogens is 1. The van der Waals surface area contributed by atoms with Gasteiger partial charge in [0.15, 0.2) is 0 Å². The van der Waals surface area contributed by atoms with Gasteiger partial charge in [-0.25, -0.2) is 0 Å². The van der Waals surface area contributed by atoms with Crippen molar-refractivity contribution in [3.63, 3.8) is 0 Å². The highest BCUT2D eigenvalue weighted by molar-refractivity contribution is 5.67. The predicted molar refractivity (Wildman–Crippen MR) is 189 cm³/mol. The van der Waals surface area contributed by atoms with E-state index in [-0.39, 0.29) is 0 Å². The summed E-state index contributed by atoms with van der Waals surface area (Å²) in [5, 5.41) is 18.6. The maximum absolute atomic E-state index is 3.80. The molecule has 3 aromatic rings. The van der Waals surface area contributed by atoms with Crippen molar-refractivity contribution >= 4 is 0 Å². The standard InChI is InChI=1S/C38H59N7/c1-3-4-5-6-13-39-23-30-17-31(24-40-27-36-10-7-14-43-36)20-34(19-30)35-21-32(25-41-28-37-11-8-15-44-37)18-33(22-35)26-42-29-38-12-9-16-45(38)2/h7,10,14,17-22,37-44H,3-6,8-9,11-13,15-16,23-29H2,1-2H3. The first kappa shape index (κ1) is 33.8. The van der Waals surface area contributed by atoms with Crippen LogP contribution in [0.5, 0.6) is 0 Å². The zero-order valence-electron chi connectivity index (χ0n) is 28.0. The number of unbranched alkanes of at least 4 members (excludes halogenated alkanes) is 3. The van der Waals surface area contributed by atoms with Crippen LogP contribution in [0.15, 0.2) is 54.7 Å². The van der Waals surface area contributed by atoms with Crippen molar-refractivity contribution in [2.45, 2.75) is 103 Å². The number of likely N-dealkylation sites (tertiary alicyclic amines) is 1. The Bertz CT molecular complexity index is 1250. The van der Waals surface area contributed by atoms with Crippen molar-refractivity contribution in [1.29, 1.82) is 0 Å². The number of hydrogen-bond acceptors (Lipinski definition) is 6. The highest BCUT2D eigenvalue weighted by Crippen LogP contribution is 2.26. The van der Waals surface area contributed by atoms with Gasteiger partial charge in [0.1, 0.15) is 0 Å². The molecule has 246 valence electrons. The Morgan fingerprint density at radius 2 is 1.42 bits per heavy atom. The minimum atomic E-state index is 0.602. The minimum Gasteiger partial charge on any atom is -0.364 e. The quantitative estimate of drug-likeness (QED) is 0.0923. The van der Waals surface area contributed by atoms with Gasteiger partial charge in [-0.05, 0) is 129 Å². The zero-order chi connectivity index (χ0) is 31.1. The number of hydrogen-bond donors (Lipinski definition) is 6. The summed E-state index contributed by atoms with van der Waals surface area (Å²) in [6, 6.07) is 19.9. The van der Waals surface area contributed by atoms with Crippen molar-refractivity contribution in [2.75, 3.05) is 39.8 Å². The lowest BCUT2D eigenvalue weighted by Gasteiger charge is -2.20. The lowest BCUT2D eigenvalue weighted by Crippen LogP contribution is -2.35. The fourth-order valence-corrected chi connectivity index (χ4v) is 6.94. The second-order valence-electron chi connectivity index (χ2n) is 13.4. The summed E-state index contributed by atoms with van der Waals surface area (Å²) in [5.41, 5.74) is 9.28. The van der Waals surface area contributed by atoms with E-state index < -0.39 is 0 Å². The van der Waals surface area contributed by atoms with Gasteiger partial charge in [0.2, 0.25) is 0 Å². The molecule has 0 amide bonds. The lowest BCUT2D eigenvalue weighted by molar-refractivity contribution is 0.300. The molecular formula is C38H59N7. The van der Waals surface area contributed by atoms with Crippen LogP contribution in [0.1, 0.15) is 86.2 Å². The van der Waals surface area contributed by atoms with Gasteiger partial charge in [-0.3, -0.25) is 0 Å². The molecule has 0 spiro atoms. The van der Waals surface area contributed by atoms with Gasteiger partial charge in [0.05, 0.1) is 0 Å². The summed E-state index contributed by atoms with van der Waals surface area (Å²) in [4.78, 5) is 5.82. The number of rotatable bonds is 20. The summed E-state index contributed by atoms with van der Waals surface area (Å²) in [6.45, 7) is 12.2. The third-order valence-corrected chi connectivity index (χ3v) is 9.54. The Morgan fingerprint density at radius 3 is 2.02 bits per heavy atom. The van der Waals surface area contributed by atoms with Crippen molar-refractivity contribution < 1.29 is 0 Å². The van der Waals surface area contributed by atoms with Gasteiger partial charge in [-0.15, -0.1) is 0 Å². The summed E-state index contributed by atoms with van der Waals surface area (Å²) in [7, 11) is 2.26. The number of aromatic amines is 1. The average molecular weight is 614 g/mol. The lowest BCUT2D eigenvalue weighted by atomic mass is 9.96. The molecule has 7 heteroatoms. The van der Waals surface area contributed by atoms with Crippen molar-refractivity contribution in [3.8, 4) is 11.1 Å². The third-order valence-electron chi connectivity index (χ3n) is 9.54. The molecular weight excluding hydrogens is 554 g/mol. The largest absolute Gasteiger partial charge is 0.364 e. The van der Waals surface area contributed by atoms with Crippen molar-refractivity contribution in [2.24, 2.45) is 0 Å². The fraction of sp³-hybridized carbons (Fsp3) is 0.579. The Hall–Kier alpha value is -2.52. The number of benzene rings is 2. The minimum absolute atomic E-state index is 0.602. The first-order valence-corrected chi connectivity index (χ1v) is 17.8. The molecule has 0 saturated carbocycles. The number of likely N-dealkylation sites (N-methyl/N-ethyl adjacent to an activating group) is 1. The highest BCUT2D eigenvalue weighted by atomic mass is 15.2. The molecule has 1 aromatic heterocycles. The van der Waals surface area contributed by atoms with Crippen LogP contribution in [0.25, 0.3) is 11.1 Å². The Balaban J connectivity index is 1.32. The van der Waals surface area contributed by atoms with E-state index in [4.69, 9.17) is 0 Å². The summed E-state index contributed by atoms with van der Waals surface area (Å²) in [6.07, 6.45) is 12.3. The molecule has 0 aliphatic carbocycles. The van der Waals surface area contributed by atoms with Crippen LogP contribution in [0, 0.1) is 0 Å². The van der Waals surface area contributed by atoms with Crippen LogP contribution in [-0.4, -0.2) is 61.7 Å². The summed E-state index contributed by atoms with van der Waals surface area (Å²) in [5.74, 6) is 0. The number of aromatic nitrogens is 1. The molecule has 2 atom stereocenters. The van der Waals surface area contributed by atoms with E-state index in [1.165, 1.54) is 97.0 Å². The van der Waals surface area contributed by atoms with Crippen LogP contribution in [0.3, 0.4) is 0 Å². The van der Waals surface area contributed by atoms with E-state index in [9.17, 15) is 0 Å². The first-order chi connectivity index (χ1) is 22.2. The monoisotopic (exact) mass is 613 g/mol. The molecule has 6 N–H and O–H groups in total. The van der Waals surface area contributed by atoms with Gasteiger partial charge in [-0.1, -0.05) is 38.3 Å². The van der Waals surface area contributed by atoms with Crippen LogP contribution in [-0.2, 0) is 32.7 Å². The topological polar surface area (TPSA) is 79.2 Å². The van der Waals surface area contributed by atoms with E-state index >= 15 is 0 Å². The summed E-state index contributed by atoms with van der Waals surface area (Å²) >= 11 is 0. The van der Waals surface area contributed by atoms with Crippen LogP contribution < -0.4 is 26.6 Å². The predicted octanol–water partition coefficient (Wildman–Crippen LogP) is 5.67. The van der Waals surface area contributed by atoms with E-state index in [1.54, 1.807) is 0 Å². The van der Waals surface area contributed by atoms with Gasteiger partial charge < -0.3 is 36.5 Å². The Morgan fingerprint density at radius 1 is 0.733 bits per heavy atom. The van der Waals surface area contributed by atoms with Crippen molar-refractivity contribution in [3.05, 3.63) is 82.7 Å². The molecule has 45 heavy (non-hydrogen) atoms. The molecule has 0 radical (unpaired) electrons.